The maximum Gasteiger partial charge on any atom is 0.271 e. The van der Waals surface area contributed by atoms with Crippen molar-refractivity contribution in [1.82, 2.24) is 25.0 Å². The van der Waals surface area contributed by atoms with Crippen molar-refractivity contribution in [2.75, 3.05) is 39.4 Å². The lowest BCUT2D eigenvalue weighted by Crippen LogP contribution is -2.36. The third-order valence-corrected chi connectivity index (χ3v) is 5.00. The van der Waals surface area contributed by atoms with Crippen LogP contribution in [0.15, 0.2) is 30.3 Å². The van der Waals surface area contributed by atoms with Gasteiger partial charge in [0.15, 0.2) is 5.69 Å². The summed E-state index contributed by atoms with van der Waals surface area (Å²) in [7, 11) is 1.79. The van der Waals surface area contributed by atoms with Crippen LogP contribution in [0, 0.1) is 5.82 Å². The Morgan fingerprint density at radius 2 is 2.18 bits per heavy atom. The molecule has 148 valence electrons. The lowest BCUT2D eigenvalue weighted by Gasteiger charge is -2.18. The van der Waals surface area contributed by atoms with Crippen molar-refractivity contribution in [3.05, 3.63) is 41.8 Å². The molecule has 0 bridgehead atoms. The summed E-state index contributed by atoms with van der Waals surface area (Å²) in [6, 6.07) is 8.20. The van der Waals surface area contributed by atoms with E-state index in [2.05, 4.69) is 20.3 Å². The average Bonchev–Trinajstić information content (AvgIpc) is 3.16. The van der Waals surface area contributed by atoms with Crippen LogP contribution in [-0.2, 0) is 11.8 Å². The minimum absolute atomic E-state index is 0.199. The molecule has 0 spiro atoms. The average molecular weight is 385 g/mol. The number of nitrogens with zero attached hydrogens (tertiary/aromatic N) is 3. The van der Waals surface area contributed by atoms with Crippen LogP contribution in [0.25, 0.3) is 22.3 Å². The van der Waals surface area contributed by atoms with Gasteiger partial charge in [-0.05, 0) is 36.8 Å². The number of carbonyl (C=O) groups excluding carboxylic acids is 1. The van der Waals surface area contributed by atoms with Gasteiger partial charge in [0.2, 0.25) is 0 Å². The minimum Gasteiger partial charge on any atom is -0.380 e. The SMILES string of the molecule is Cn1nc(C(=O)NCCN2CCCOCC2)cc1-c1cc2cc(F)ccc2[nH]1. The van der Waals surface area contributed by atoms with Gasteiger partial charge in [-0.2, -0.15) is 5.10 Å². The van der Waals surface area contributed by atoms with E-state index in [0.29, 0.717) is 12.2 Å². The first-order valence-corrected chi connectivity index (χ1v) is 9.51. The van der Waals surface area contributed by atoms with Crippen molar-refractivity contribution in [3.8, 4) is 11.4 Å². The van der Waals surface area contributed by atoms with E-state index in [0.717, 1.165) is 61.6 Å². The number of H-pyrrole nitrogens is 1. The third-order valence-electron chi connectivity index (χ3n) is 5.00. The number of ether oxygens (including phenoxy) is 1. The Kier molecular flexibility index (Phi) is 5.40. The zero-order chi connectivity index (χ0) is 19.5. The number of nitrogens with one attached hydrogen (secondary N) is 2. The second-order valence-electron chi connectivity index (χ2n) is 7.02. The fourth-order valence-electron chi connectivity index (χ4n) is 3.51. The van der Waals surface area contributed by atoms with Crippen LogP contribution >= 0.6 is 0 Å². The van der Waals surface area contributed by atoms with Crippen LogP contribution < -0.4 is 5.32 Å². The number of amides is 1. The number of hydrogen-bond acceptors (Lipinski definition) is 4. The Morgan fingerprint density at radius 1 is 1.29 bits per heavy atom. The zero-order valence-corrected chi connectivity index (χ0v) is 15.9. The molecule has 3 aromatic rings. The van der Waals surface area contributed by atoms with E-state index in [4.69, 9.17) is 4.74 Å². The van der Waals surface area contributed by atoms with Crippen molar-refractivity contribution in [1.29, 1.82) is 0 Å². The second kappa shape index (κ2) is 8.12. The van der Waals surface area contributed by atoms with Gasteiger partial charge in [0.25, 0.3) is 5.91 Å². The summed E-state index contributed by atoms with van der Waals surface area (Å²) in [4.78, 5) is 18.0. The molecule has 0 saturated carbocycles. The normalized spacial score (nSPS) is 15.6. The van der Waals surface area contributed by atoms with Gasteiger partial charge < -0.3 is 15.0 Å². The molecular weight excluding hydrogens is 361 g/mol. The molecule has 7 nitrogen and oxygen atoms in total. The molecule has 2 N–H and O–H groups in total. The van der Waals surface area contributed by atoms with Gasteiger partial charge in [0.05, 0.1) is 18.0 Å². The van der Waals surface area contributed by atoms with Gasteiger partial charge in [-0.1, -0.05) is 0 Å². The number of aryl methyl sites for hydroxylation is 1. The highest BCUT2D eigenvalue weighted by atomic mass is 19.1. The number of carbonyl (C=O) groups is 1. The van der Waals surface area contributed by atoms with E-state index in [-0.39, 0.29) is 11.7 Å². The topological polar surface area (TPSA) is 75.2 Å². The van der Waals surface area contributed by atoms with E-state index in [1.54, 1.807) is 23.9 Å². The van der Waals surface area contributed by atoms with E-state index in [9.17, 15) is 9.18 Å². The highest BCUT2D eigenvalue weighted by Gasteiger charge is 2.16. The number of benzene rings is 1. The van der Waals surface area contributed by atoms with Crippen molar-refractivity contribution in [3.63, 3.8) is 0 Å². The number of rotatable bonds is 5. The molecule has 1 aromatic carbocycles. The lowest BCUT2D eigenvalue weighted by atomic mass is 10.2. The maximum atomic E-state index is 13.4. The number of halogens is 1. The number of aromatic nitrogens is 3. The first-order chi connectivity index (χ1) is 13.6. The van der Waals surface area contributed by atoms with Crippen LogP contribution in [0.3, 0.4) is 0 Å². The minimum atomic E-state index is -0.279. The summed E-state index contributed by atoms with van der Waals surface area (Å²) < 4.78 is 20.5. The van der Waals surface area contributed by atoms with Crippen LogP contribution in [0.5, 0.6) is 0 Å². The molecule has 1 aliphatic heterocycles. The van der Waals surface area contributed by atoms with Gasteiger partial charge in [-0.3, -0.25) is 14.4 Å². The van der Waals surface area contributed by atoms with Gasteiger partial charge >= 0.3 is 0 Å². The Morgan fingerprint density at radius 3 is 3.07 bits per heavy atom. The van der Waals surface area contributed by atoms with E-state index < -0.39 is 0 Å². The van der Waals surface area contributed by atoms with Crippen molar-refractivity contribution in [2.24, 2.45) is 7.05 Å². The lowest BCUT2D eigenvalue weighted by molar-refractivity contribution is 0.0941. The van der Waals surface area contributed by atoms with E-state index in [1.165, 1.54) is 12.1 Å². The second-order valence-corrected chi connectivity index (χ2v) is 7.02. The molecule has 0 atom stereocenters. The maximum absolute atomic E-state index is 13.4. The largest absolute Gasteiger partial charge is 0.380 e. The molecule has 1 aliphatic rings. The predicted octanol–water partition coefficient (Wildman–Crippen LogP) is 2.16. The summed E-state index contributed by atoms with van der Waals surface area (Å²) in [5.41, 5.74) is 2.76. The highest BCUT2D eigenvalue weighted by molar-refractivity contribution is 5.94. The standard InChI is InChI=1S/C20H24FN5O2/c1-25-19(17-12-14-11-15(21)3-4-16(14)23-17)13-18(24-25)20(27)22-5-7-26-6-2-9-28-10-8-26/h3-4,11-13,23H,2,5-10H2,1H3,(H,22,27). The van der Waals surface area contributed by atoms with E-state index in [1.807, 2.05) is 6.07 Å². The molecule has 2 aromatic heterocycles. The predicted molar refractivity (Wildman–Crippen MR) is 105 cm³/mol. The smallest absolute Gasteiger partial charge is 0.271 e. The number of hydrogen-bond donors (Lipinski definition) is 2. The molecule has 1 saturated heterocycles. The molecule has 0 aliphatic carbocycles. The van der Waals surface area contributed by atoms with Crippen molar-refractivity contribution < 1.29 is 13.9 Å². The van der Waals surface area contributed by atoms with Crippen LogP contribution in [0.2, 0.25) is 0 Å². The summed E-state index contributed by atoms with van der Waals surface area (Å²) in [6.45, 7) is 4.79. The molecule has 0 unspecified atom stereocenters. The third kappa shape index (κ3) is 4.07. The highest BCUT2D eigenvalue weighted by Crippen LogP contribution is 2.25. The Bertz CT molecular complexity index is 972. The number of aromatic amines is 1. The summed E-state index contributed by atoms with van der Waals surface area (Å²) in [5.74, 6) is -0.478. The van der Waals surface area contributed by atoms with Crippen LogP contribution in [-0.4, -0.2) is 65.0 Å². The Balaban J connectivity index is 1.42. The summed E-state index contributed by atoms with van der Waals surface area (Å²) in [6.07, 6.45) is 1.02. The van der Waals surface area contributed by atoms with Crippen LogP contribution in [0.4, 0.5) is 4.39 Å². The molecular formula is C20H24FN5O2. The first-order valence-electron chi connectivity index (χ1n) is 9.51. The van der Waals surface area contributed by atoms with Gasteiger partial charge in [0, 0.05) is 50.7 Å². The number of fused-ring (bicyclic) bond motifs is 1. The summed E-state index contributed by atoms with van der Waals surface area (Å²) >= 11 is 0. The quantitative estimate of drug-likeness (QED) is 0.706. The van der Waals surface area contributed by atoms with Crippen molar-refractivity contribution in [2.45, 2.75) is 6.42 Å². The monoisotopic (exact) mass is 385 g/mol. The fourth-order valence-corrected chi connectivity index (χ4v) is 3.51. The molecule has 1 fully saturated rings. The zero-order valence-electron chi connectivity index (χ0n) is 15.9. The van der Waals surface area contributed by atoms with E-state index >= 15 is 0 Å². The Hall–Kier alpha value is -2.71. The van der Waals surface area contributed by atoms with Gasteiger partial charge in [-0.15, -0.1) is 0 Å². The fraction of sp³-hybridized carbons (Fsp3) is 0.400. The van der Waals surface area contributed by atoms with Gasteiger partial charge in [-0.25, -0.2) is 4.39 Å². The molecule has 28 heavy (non-hydrogen) atoms. The summed E-state index contributed by atoms with van der Waals surface area (Å²) in [5, 5.41) is 8.05. The molecule has 1 amide bonds. The first kappa shape index (κ1) is 18.6. The molecule has 8 heteroatoms. The van der Waals surface area contributed by atoms with Crippen molar-refractivity contribution >= 4 is 16.8 Å². The van der Waals surface area contributed by atoms with Gasteiger partial charge in [0.1, 0.15) is 5.82 Å². The molecule has 3 heterocycles. The molecule has 4 rings (SSSR count). The molecule has 0 radical (unpaired) electrons. The van der Waals surface area contributed by atoms with Crippen LogP contribution in [0.1, 0.15) is 16.9 Å². The Labute approximate surface area is 162 Å².